The molecule has 1 amide bonds. The molecule has 2 aromatic heterocycles. The van der Waals surface area contributed by atoms with Gasteiger partial charge < -0.3 is 9.88 Å². The standard InChI is InChI=1S/C19H22FN5O/c1-13(2)18-21-8-9-24(18)14(3)19(26)22-10-15-11-23-25(12-15)17-6-4-16(20)5-7-17/h4-9,11-14H,10H2,1-3H3,(H,22,26). The zero-order valence-electron chi connectivity index (χ0n) is 15.1. The normalized spacial score (nSPS) is 12.3. The van der Waals surface area contributed by atoms with E-state index in [0.717, 1.165) is 17.1 Å². The van der Waals surface area contributed by atoms with Crippen LogP contribution in [0.15, 0.2) is 49.1 Å². The molecule has 26 heavy (non-hydrogen) atoms. The fraction of sp³-hybridized carbons (Fsp3) is 0.316. The Balaban J connectivity index is 1.63. The topological polar surface area (TPSA) is 64.7 Å². The third-order valence-electron chi connectivity index (χ3n) is 4.21. The second-order valence-corrected chi connectivity index (χ2v) is 6.51. The second-order valence-electron chi connectivity index (χ2n) is 6.51. The van der Waals surface area contributed by atoms with Crippen molar-refractivity contribution in [2.45, 2.75) is 39.3 Å². The van der Waals surface area contributed by atoms with Crippen LogP contribution in [0, 0.1) is 5.82 Å². The first-order chi connectivity index (χ1) is 12.5. The fourth-order valence-electron chi connectivity index (χ4n) is 2.75. The van der Waals surface area contributed by atoms with Crippen LogP contribution >= 0.6 is 0 Å². The molecule has 0 aliphatic heterocycles. The van der Waals surface area contributed by atoms with E-state index >= 15 is 0 Å². The van der Waals surface area contributed by atoms with Gasteiger partial charge in [0.2, 0.25) is 5.91 Å². The van der Waals surface area contributed by atoms with E-state index < -0.39 is 0 Å². The summed E-state index contributed by atoms with van der Waals surface area (Å²) >= 11 is 0. The summed E-state index contributed by atoms with van der Waals surface area (Å²) in [6.07, 6.45) is 7.04. The van der Waals surface area contributed by atoms with Crippen molar-refractivity contribution < 1.29 is 9.18 Å². The Morgan fingerprint density at radius 3 is 2.65 bits per heavy atom. The highest BCUT2D eigenvalue weighted by atomic mass is 19.1. The summed E-state index contributed by atoms with van der Waals surface area (Å²) in [6.45, 7) is 6.32. The van der Waals surface area contributed by atoms with Crippen molar-refractivity contribution in [2.75, 3.05) is 0 Å². The molecule has 1 atom stereocenters. The third kappa shape index (κ3) is 3.82. The molecule has 1 N–H and O–H groups in total. The maximum atomic E-state index is 13.0. The van der Waals surface area contributed by atoms with Crippen molar-refractivity contribution in [1.29, 1.82) is 0 Å². The lowest BCUT2D eigenvalue weighted by Crippen LogP contribution is -2.31. The van der Waals surface area contributed by atoms with Gasteiger partial charge in [-0.05, 0) is 31.2 Å². The highest BCUT2D eigenvalue weighted by Gasteiger charge is 2.19. The molecule has 6 nitrogen and oxygen atoms in total. The molecule has 3 rings (SSSR count). The lowest BCUT2D eigenvalue weighted by Gasteiger charge is -2.17. The summed E-state index contributed by atoms with van der Waals surface area (Å²) < 4.78 is 16.5. The number of hydrogen-bond acceptors (Lipinski definition) is 3. The number of nitrogens with one attached hydrogen (secondary N) is 1. The van der Waals surface area contributed by atoms with Gasteiger partial charge >= 0.3 is 0 Å². The lowest BCUT2D eigenvalue weighted by molar-refractivity contribution is -0.124. The van der Waals surface area contributed by atoms with Gasteiger partial charge in [-0.2, -0.15) is 5.10 Å². The van der Waals surface area contributed by atoms with Gasteiger partial charge in [0.15, 0.2) is 0 Å². The van der Waals surface area contributed by atoms with Gasteiger partial charge in [0.1, 0.15) is 17.7 Å². The summed E-state index contributed by atoms with van der Waals surface area (Å²) in [5.41, 5.74) is 1.63. The number of carbonyl (C=O) groups excluding carboxylic acids is 1. The molecule has 7 heteroatoms. The predicted octanol–water partition coefficient (Wildman–Crippen LogP) is 3.21. The number of halogens is 1. The summed E-state index contributed by atoms with van der Waals surface area (Å²) in [7, 11) is 0. The van der Waals surface area contributed by atoms with Gasteiger partial charge in [0.25, 0.3) is 0 Å². The Morgan fingerprint density at radius 2 is 1.96 bits per heavy atom. The number of rotatable bonds is 6. The van der Waals surface area contributed by atoms with Gasteiger partial charge in [-0.15, -0.1) is 0 Å². The van der Waals surface area contributed by atoms with E-state index in [0.29, 0.717) is 6.54 Å². The molecule has 1 aromatic carbocycles. The summed E-state index contributed by atoms with van der Waals surface area (Å²) in [6, 6.07) is 5.73. The van der Waals surface area contributed by atoms with Crippen LogP contribution in [0.25, 0.3) is 5.69 Å². The largest absolute Gasteiger partial charge is 0.350 e. The van der Waals surface area contributed by atoms with E-state index in [4.69, 9.17) is 0 Å². The minimum Gasteiger partial charge on any atom is -0.350 e. The number of aromatic nitrogens is 4. The van der Waals surface area contributed by atoms with Crippen LogP contribution in [0.2, 0.25) is 0 Å². The number of imidazole rings is 1. The van der Waals surface area contributed by atoms with E-state index in [2.05, 4.69) is 15.4 Å². The molecule has 3 aromatic rings. The Morgan fingerprint density at radius 1 is 1.23 bits per heavy atom. The van der Waals surface area contributed by atoms with Crippen LogP contribution in [-0.4, -0.2) is 25.2 Å². The quantitative estimate of drug-likeness (QED) is 0.738. The van der Waals surface area contributed by atoms with Crippen LogP contribution in [0.4, 0.5) is 4.39 Å². The Bertz CT molecular complexity index is 881. The molecule has 0 radical (unpaired) electrons. The first kappa shape index (κ1) is 17.8. The molecule has 0 bridgehead atoms. The highest BCUT2D eigenvalue weighted by molar-refractivity contribution is 5.79. The Hall–Kier alpha value is -2.96. The molecule has 0 aliphatic carbocycles. The van der Waals surface area contributed by atoms with Crippen LogP contribution in [0.3, 0.4) is 0 Å². The van der Waals surface area contributed by atoms with E-state index in [-0.39, 0.29) is 23.7 Å². The number of nitrogens with zero attached hydrogens (tertiary/aromatic N) is 4. The number of amides is 1. The van der Waals surface area contributed by atoms with Crippen molar-refractivity contribution in [3.63, 3.8) is 0 Å². The molecule has 0 aliphatic rings. The average Bonchev–Trinajstić information content (AvgIpc) is 3.29. The molecule has 2 heterocycles. The van der Waals surface area contributed by atoms with Crippen molar-refractivity contribution in [3.05, 3.63) is 66.3 Å². The maximum absolute atomic E-state index is 13.0. The van der Waals surface area contributed by atoms with Crippen molar-refractivity contribution >= 4 is 5.91 Å². The summed E-state index contributed by atoms with van der Waals surface area (Å²) in [5.74, 6) is 0.757. The molecule has 0 saturated carbocycles. The summed E-state index contributed by atoms with van der Waals surface area (Å²) in [5, 5.41) is 7.18. The van der Waals surface area contributed by atoms with Crippen LogP contribution in [0.1, 0.15) is 44.1 Å². The zero-order valence-corrected chi connectivity index (χ0v) is 15.1. The van der Waals surface area contributed by atoms with Crippen molar-refractivity contribution in [2.24, 2.45) is 0 Å². The lowest BCUT2D eigenvalue weighted by atomic mass is 10.2. The Labute approximate surface area is 151 Å². The van der Waals surface area contributed by atoms with E-state index in [1.54, 1.807) is 29.2 Å². The molecule has 136 valence electrons. The first-order valence-electron chi connectivity index (χ1n) is 8.55. The van der Waals surface area contributed by atoms with Crippen molar-refractivity contribution in [3.8, 4) is 5.69 Å². The monoisotopic (exact) mass is 355 g/mol. The van der Waals surface area contributed by atoms with E-state index in [1.165, 1.54) is 12.1 Å². The third-order valence-corrected chi connectivity index (χ3v) is 4.21. The van der Waals surface area contributed by atoms with Gasteiger partial charge in [0.05, 0.1) is 11.9 Å². The molecular formula is C19H22FN5O. The molecule has 0 fully saturated rings. The van der Waals surface area contributed by atoms with Gasteiger partial charge in [-0.1, -0.05) is 13.8 Å². The molecule has 1 unspecified atom stereocenters. The maximum Gasteiger partial charge on any atom is 0.243 e. The highest BCUT2D eigenvalue weighted by Crippen LogP contribution is 2.17. The molecule has 0 spiro atoms. The van der Waals surface area contributed by atoms with Gasteiger partial charge in [-0.3, -0.25) is 4.79 Å². The number of carbonyl (C=O) groups is 1. The number of hydrogen-bond donors (Lipinski definition) is 1. The molecule has 0 saturated heterocycles. The Kier molecular flexibility index (Phi) is 5.16. The number of benzene rings is 1. The van der Waals surface area contributed by atoms with E-state index in [1.807, 2.05) is 37.7 Å². The zero-order chi connectivity index (χ0) is 18.7. The summed E-state index contributed by atoms with van der Waals surface area (Å²) in [4.78, 5) is 16.8. The minimum atomic E-state index is -0.345. The van der Waals surface area contributed by atoms with Crippen LogP contribution in [-0.2, 0) is 11.3 Å². The first-order valence-corrected chi connectivity index (χ1v) is 8.55. The minimum absolute atomic E-state index is 0.0839. The van der Waals surface area contributed by atoms with Gasteiger partial charge in [-0.25, -0.2) is 14.1 Å². The fourth-order valence-corrected chi connectivity index (χ4v) is 2.75. The van der Waals surface area contributed by atoms with E-state index in [9.17, 15) is 9.18 Å². The van der Waals surface area contributed by atoms with Crippen LogP contribution in [0.5, 0.6) is 0 Å². The van der Waals surface area contributed by atoms with Gasteiger partial charge in [0, 0.05) is 36.6 Å². The van der Waals surface area contributed by atoms with Crippen molar-refractivity contribution in [1.82, 2.24) is 24.6 Å². The predicted molar refractivity (Wildman–Crippen MR) is 96.4 cm³/mol. The SMILES string of the molecule is CC(C)c1nccn1C(C)C(=O)NCc1cnn(-c2ccc(F)cc2)c1. The molecular weight excluding hydrogens is 333 g/mol. The average molecular weight is 355 g/mol. The smallest absolute Gasteiger partial charge is 0.243 e. The van der Waals surface area contributed by atoms with Crippen LogP contribution < -0.4 is 5.32 Å². The second kappa shape index (κ2) is 7.51.